The molecule has 0 radical (unpaired) electrons. The van der Waals surface area contributed by atoms with Crippen molar-refractivity contribution in [3.05, 3.63) is 11.9 Å². The van der Waals surface area contributed by atoms with Crippen LogP contribution in [-0.4, -0.2) is 73.6 Å². The van der Waals surface area contributed by atoms with E-state index in [9.17, 15) is 4.79 Å². The van der Waals surface area contributed by atoms with E-state index < -0.39 is 0 Å². The van der Waals surface area contributed by atoms with Gasteiger partial charge in [0.2, 0.25) is 0 Å². The van der Waals surface area contributed by atoms with Crippen LogP contribution in [0.1, 0.15) is 52.7 Å². The SMILES string of the molecule is CC(C)CCCc1cn(CCOCCOCCOCCOCCC(=O)C(C)C)nn1. The van der Waals surface area contributed by atoms with Crippen LogP contribution in [-0.2, 0) is 36.7 Å². The molecule has 30 heavy (non-hydrogen) atoms. The Labute approximate surface area is 181 Å². The molecule has 1 aromatic heterocycles. The number of hydrogen-bond donors (Lipinski definition) is 0. The van der Waals surface area contributed by atoms with Crippen molar-refractivity contribution >= 4 is 5.78 Å². The molecule has 8 nitrogen and oxygen atoms in total. The first-order valence-corrected chi connectivity index (χ1v) is 11.2. The molecule has 0 aromatic carbocycles. The summed E-state index contributed by atoms with van der Waals surface area (Å²) in [4.78, 5) is 11.4. The van der Waals surface area contributed by atoms with Crippen molar-refractivity contribution < 1.29 is 23.7 Å². The molecule has 0 aliphatic heterocycles. The molecule has 0 aliphatic rings. The largest absolute Gasteiger partial charge is 0.379 e. The maximum Gasteiger partial charge on any atom is 0.137 e. The molecule has 0 saturated carbocycles. The predicted octanol–water partition coefficient (Wildman–Crippen LogP) is 2.94. The Morgan fingerprint density at radius 1 is 0.900 bits per heavy atom. The van der Waals surface area contributed by atoms with E-state index in [0.717, 1.165) is 24.5 Å². The summed E-state index contributed by atoms with van der Waals surface area (Å²) in [6.07, 6.45) is 5.83. The summed E-state index contributed by atoms with van der Waals surface area (Å²) < 4.78 is 23.7. The van der Waals surface area contributed by atoms with Crippen molar-refractivity contribution in [1.82, 2.24) is 15.0 Å². The minimum absolute atomic E-state index is 0.0748. The first-order valence-electron chi connectivity index (χ1n) is 11.2. The molecular formula is C22H41N3O5. The Bertz CT molecular complexity index is 549. The number of rotatable bonds is 20. The van der Waals surface area contributed by atoms with Gasteiger partial charge in [-0.2, -0.15) is 0 Å². The van der Waals surface area contributed by atoms with Gasteiger partial charge in [0.25, 0.3) is 0 Å². The fourth-order valence-corrected chi connectivity index (χ4v) is 2.64. The quantitative estimate of drug-likeness (QED) is 0.296. The Balaban J connectivity index is 1.84. The van der Waals surface area contributed by atoms with Gasteiger partial charge in [0, 0.05) is 18.5 Å². The van der Waals surface area contributed by atoms with Crippen LogP contribution < -0.4 is 0 Å². The third-order valence-electron chi connectivity index (χ3n) is 4.52. The summed E-state index contributed by atoms with van der Waals surface area (Å²) >= 11 is 0. The van der Waals surface area contributed by atoms with Crippen LogP contribution >= 0.6 is 0 Å². The minimum atomic E-state index is 0.0748. The van der Waals surface area contributed by atoms with Crippen molar-refractivity contribution in [3.8, 4) is 0 Å². The summed E-state index contributed by atoms with van der Waals surface area (Å²) in [5.74, 6) is 1.04. The highest BCUT2D eigenvalue weighted by molar-refractivity contribution is 5.80. The first-order chi connectivity index (χ1) is 14.5. The van der Waals surface area contributed by atoms with Crippen molar-refractivity contribution in [1.29, 1.82) is 0 Å². The average Bonchev–Trinajstić information content (AvgIpc) is 3.15. The number of Topliss-reactive ketones (excluding diaryl/α,β-unsaturated/α-hetero) is 1. The highest BCUT2D eigenvalue weighted by Crippen LogP contribution is 2.07. The summed E-state index contributed by atoms with van der Waals surface area (Å²) in [5, 5.41) is 8.34. The molecule has 1 aromatic rings. The van der Waals surface area contributed by atoms with Crippen molar-refractivity contribution in [3.63, 3.8) is 0 Å². The van der Waals surface area contributed by atoms with E-state index in [-0.39, 0.29) is 11.7 Å². The predicted molar refractivity (Wildman–Crippen MR) is 116 cm³/mol. The Hall–Kier alpha value is -1.35. The fraction of sp³-hybridized carbons (Fsp3) is 0.864. The summed E-state index contributed by atoms with van der Waals surface area (Å²) in [5.41, 5.74) is 1.05. The van der Waals surface area contributed by atoms with Crippen LogP contribution in [0.4, 0.5) is 0 Å². The van der Waals surface area contributed by atoms with Crippen LogP contribution in [0.15, 0.2) is 6.20 Å². The molecule has 0 bridgehead atoms. The van der Waals surface area contributed by atoms with Crippen LogP contribution in [0, 0.1) is 11.8 Å². The lowest BCUT2D eigenvalue weighted by Crippen LogP contribution is -2.14. The van der Waals surface area contributed by atoms with Gasteiger partial charge in [0.1, 0.15) is 5.78 Å². The lowest BCUT2D eigenvalue weighted by Gasteiger charge is -2.08. The molecule has 0 atom stereocenters. The smallest absolute Gasteiger partial charge is 0.137 e. The van der Waals surface area contributed by atoms with Crippen molar-refractivity contribution in [2.24, 2.45) is 11.8 Å². The number of aromatic nitrogens is 3. The van der Waals surface area contributed by atoms with Gasteiger partial charge in [-0.3, -0.25) is 4.79 Å². The molecule has 1 rings (SSSR count). The first kappa shape index (κ1) is 26.7. The Morgan fingerprint density at radius 3 is 2.03 bits per heavy atom. The second-order valence-corrected chi connectivity index (χ2v) is 8.08. The van der Waals surface area contributed by atoms with Crippen molar-refractivity contribution in [2.75, 3.05) is 52.9 Å². The van der Waals surface area contributed by atoms with Crippen LogP contribution in [0.25, 0.3) is 0 Å². The minimum Gasteiger partial charge on any atom is -0.379 e. The zero-order valence-electron chi connectivity index (χ0n) is 19.3. The van der Waals surface area contributed by atoms with Gasteiger partial charge in [-0.1, -0.05) is 39.3 Å². The molecule has 0 unspecified atom stereocenters. The number of hydrogen-bond acceptors (Lipinski definition) is 7. The van der Waals surface area contributed by atoms with E-state index in [2.05, 4.69) is 24.2 Å². The molecular weight excluding hydrogens is 386 g/mol. The number of nitrogens with zero attached hydrogens (tertiary/aromatic N) is 3. The fourth-order valence-electron chi connectivity index (χ4n) is 2.64. The Morgan fingerprint density at radius 2 is 1.47 bits per heavy atom. The lowest BCUT2D eigenvalue weighted by atomic mass is 10.1. The van der Waals surface area contributed by atoms with Crippen LogP contribution in [0.2, 0.25) is 0 Å². The normalized spacial score (nSPS) is 11.7. The number of aryl methyl sites for hydroxylation is 1. The van der Waals surface area contributed by atoms with E-state index in [1.54, 1.807) is 0 Å². The average molecular weight is 428 g/mol. The molecule has 0 amide bonds. The van der Waals surface area contributed by atoms with Gasteiger partial charge in [-0.25, -0.2) is 4.68 Å². The molecule has 8 heteroatoms. The van der Waals surface area contributed by atoms with E-state index >= 15 is 0 Å². The van der Waals surface area contributed by atoms with E-state index in [1.165, 1.54) is 6.42 Å². The van der Waals surface area contributed by atoms with Crippen LogP contribution in [0.3, 0.4) is 0 Å². The molecule has 1 heterocycles. The van der Waals surface area contributed by atoms with Crippen molar-refractivity contribution in [2.45, 2.75) is 59.9 Å². The van der Waals surface area contributed by atoms with E-state index in [1.807, 2.05) is 24.7 Å². The number of ether oxygens (including phenoxy) is 4. The Kier molecular flexibility index (Phi) is 15.4. The second-order valence-electron chi connectivity index (χ2n) is 8.08. The molecule has 174 valence electrons. The van der Waals surface area contributed by atoms with Gasteiger partial charge < -0.3 is 18.9 Å². The topological polar surface area (TPSA) is 84.7 Å². The summed E-state index contributed by atoms with van der Waals surface area (Å²) in [7, 11) is 0. The molecule has 0 saturated heterocycles. The van der Waals surface area contributed by atoms with E-state index in [0.29, 0.717) is 65.8 Å². The number of carbonyl (C=O) groups excluding carboxylic acids is 1. The lowest BCUT2D eigenvalue weighted by molar-refractivity contribution is -0.123. The summed E-state index contributed by atoms with van der Waals surface area (Å²) in [6, 6.07) is 0. The monoisotopic (exact) mass is 427 g/mol. The number of ketones is 1. The maximum absolute atomic E-state index is 11.4. The van der Waals surface area contributed by atoms with Gasteiger partial charge in [-0.05, 0) is 18.8 Å². The molecule has 0 fully saturated rings. The van der Waals surface area contributed by atoms with Gasteiger partial charge in [-0.15, -0.1) is 5.10 Å². The van der Waals surface area contributed by atoms with Crippen LogP contribution in [0.5, 0.6) is 0 Å². The molecule has 0 N–H and O–H groups in total. The van der Waals surface area contributed by atoms with Gasteiger partial charge >= 0.3 is 0 Å². The summed E-state index contributed by atoms with van der Waals surface area (Å²) in [6.45, 7) is 13.2. The maximum atomic E-state index is 11.4. The highest BCUT2D eigenvalue weighted by Gasteiger charge is 2.06. The molecule has 0 spiro atoms. The number of carbonyl (C=O) groups is 1. The second kappa shape index (κ2) is 17.3. The zero-order valence-corrected chi connectivity index (χ0v) is 19.3. The van der Waals surface area contributed by atoms with Gasteiger partial charge in [0.15, 0.2) is 0 Å². The van der Waals surface area contributed by atoms with E-state index in [4.69, 9.17) is 18.9 Å². The third kappa shape index (κ3) is 14.6. The van der Waals surface area contributed by atoms with Gasteiger partial charge in [0.05, 0.1) is 65.1 Å². The highest BCUT2D eigenvalue weighted by atomic mass is 16.6. The third-order valence-corrected chi connectivity index (χ3v) is 4.52. The molecule has 0 aliphatic carbocycles. The zero-order chi connectivity index (χ0) is 22.0. The standard InChI is InChI=1S/C22H41N3O5/c1-19(2)6-5-7-21-18-25(24-23-21)9-11-28-13-15-30-17-16-29-14-12-27-10-8-22(26)20(3)4/h18-20H,5-17H2,1-4H3.